The number of hydrogen-bond donors (Lipinski definition) is 1. The average molecular weight is 218 g/mol. The van der Waals surface area contributed by atoms with Gasteiger partial charge in [0.2, 0.25) is 0 Å². The molecular formula is C11H10N2OS. The normalized spacial score (nSPS) is 10.1. The lowest BCUT2D eigenvalue weighted by Gasteiger charge is -2.02. The Morgan fingerprint density at radius 3 is 2.87 bits per heavy atom. The van der Waals surface area contributed by atoms with Gasteiger partial charge in [0, 0.05) is 16.6 Å². The van der Waals surface area contributed by atoms with Gasteiger partial charge < -0.3 is 5.73 Å². The van der Waals surface area contributed by atoms with Crippen molar-refractivity contribution in [3.63, 3.8) is 0 Å². The summed E-state index contributed by atoms with van der Waals surface area (Å²) in [6.07, 6.45) is 0.317. The van der Waals surface area contributed by atoms with E-state index in [1.54, 1.807) is 17.6 Å². The summed E-state index contributed by atoms with van der Waals surface area (Å²) in [5.74, 6) is 0.0130. The summed E-state index contributed by atoms with van der Waals surface area (Å²) in [6.45, 7) is 0. The minimum absolute atomic E-state index is 0.0130. The Morgan fingerprint density at radius 2 is 2.20 bits per heavy atom. The zero-order valence-electron chi connectivity index (χ0n) is 8.01. The van der Waals surface area contributed by atoms with Crippen LogP contribution in [0.5, 0.6) is 0 Å². The smallest absolute Gasteiger partial charge is 0.170 e. The van der Waals surface area contributed by atoms with Gasteiger partial charge in [0.15, 0.2) is 5.78 Å². The number of benzene rings is 1. The molecule has 0 amide bonds. The number of carbonyl (C=O) groups is 1. The average Bonchev–Trinajstić information content (AvgIpc) is 2.71. The SMILES string of the molecule is Nc1ccccc1C(=O)Cc1cscn1. The zero-order valence-corrected chi connectivity index (χ0v) is 8.83. The van der Waals surface area contributed by atoms with E-state index in [1.807, 2.05) is 17.5 Å². The molecule has 3 nitrogen and oxygen atoms in total. The Kier molecular flexibility index (Phi) is 2.78. The fraction of sp³-hybridized carbons (Fsp3) is 0.0909. The molecule has 2 rings (SSSR count). The van der Waals surface area contributed by atoms with Crippen LogP contribution in [0, 0.1) is 0 Å². The molecule has 4 heteroatoms. The van der Waals surface area contributed by atoms with Crippen molar-refractivity contribution in [3.8, 4) is 0 Å². The molecular weight excluding hydrogens is 208 g/mol. The molecule has 0 aliphatic carbocycles. The van der Waals surface area contributed by atoms with Gasteiger partial charge in [-0.15, -0.1) is 11.3 Å². The molecule has 2 N–H and O–H groups in total. The molecule has 0 fully saturated rings. The molecule has 0 radical (unpaired) electrons. The Hall–Kier alpha value is -1.68. The molecule has 15 heavy (non-hydrogen) atoms. The monoisotopic (exact) mass is 218 g/mol. The standard InChI is InChI=1S/C11H10N2OS/c12-10-4-2-1-3-9(10)11(14)5-8-6-15-7-13-8/h1-4,6-7H,5,12H2. The first-order valence-corrected chi connectivity index (χ1v) is 5.46. The second-order valence-electron chi connectivity index (χ2n) is 3.17. The third-order valence-electron chi connectivity index (χ3n) is 2.09. The van der Waals surface area contributed by atoms with E-state index in [0.29, 0.717) is 17.7 Å². The van der Waals surface area contributed by atoms with Crippen LogP contribution >= 0.6 is 11.3 Å². The van der Waals surface area contributed by atoms with Gasteiger partial charge in [-0.2, -0.15) is 0 Å². The summed E-state index contributed by atoms with van der Waals surface area (Å²) in [5, 5.41) is 1.87. The maximum absolute atomic E-state index is 11.8. The second-order valence-corrected chi connectivity index (χ2v) is 3.89. The molecule has 1 aromatic carbocycles. The molecule has 0 aliphatic heterocycles. The Balaban J connectivity index is 2.19. The van der Waals surface area contributed by atoms with E-state index in [4.69, 9.17) is 5.73 Å². The van der Waals surface area contributed by atoms with E-state index in [1.165, 1.54) is 11.3 Å². The van der Waals surface area contributed by atoms with Crippen molar-refractivity contribution in [1.82, 2.24) is 4.98 Å². The first kappa shape index (κ1) is 9.86. The van der Waals surface area contributed by atoms with Crippen molar-refractivity contribution >= 4 is 22.8 Å². The number of Topliss-reactive ketones (excluding diaryl/α,β-unsaturated/α-hetero) is 1. The minimum Gasteiger partial charge on any atom is -0.398 e. The lowest BCUT2D eigenvalue weighted by Crippen LogP contribution is -2.06. The number of thiazole rings is 1. The van der Waals surface area contributed by atoms with E-state index < -0.39 is 0 Å². The molecule has 1 heterocycles. The first-order valence-electron chi connectivity index (χ1n) is 4.52. The minimum atomic E-state index is 0.0130. The number of nitrogen functional groups attached to an aromatic ring is 1. The van der Waals surface area contributed by atoms with Gasteiger partial charge in [0.25, 0.3) is 0 Å². The third-order valence-corrected chi connectivity index (χ3v) is 2.72. The molecule has 0 unspecified atom stereocenters. The number of anilines is 1. The van der Waals surface area contributed by atoms with Gasteiger partial charge in [-0.25, -0.2) is 4.98 Å². The van der Waals surface area contributed by atoms with Crippen LogP contribution in [0.2, 0.25) is 0 Å². The number of aromatic nitrogens is 1. The van der Waals surface area contributed by atoms with Crippen molar-refractivity contribution in [2.75, 3.05) is 5.73 Å². The van der Waals surface area contributed by atoms with Gasteiger partial charge >= 0.3 is 0 Å². The molecule has 0 bridgehead atoms. The largest absolute Gasteiger partial charge is 0.398 e. The highest BCUT2D eigenvalue weighted by Crippen LogP contribution is 2.14. The number of rotatable bonds is 3. The highest BCUT2D eigenvalue weighted by molar-refractivity contribution is 7.07. The molecule has 0 aliphatic rings. The lowest BCUT2D eigenvalue weighted by molar-refractivity contribution is 0.0993. The van der Waals surface area contributed by atoms with Crippen molar-refractivity contribution in [1.29, 1.82) is 0 Å². The van der Waals surface area contributed by atoms with Gasteiger partial charge in [-0.1, -0.05) is 12.1 Å². The van der Waals surface area contributed by atoms with E-state index in [-0.39, 0.29) is 5.78 Å². The predicted molar refractivity (Wildman–Crippen MR) is 61.0 cm³/mol. The summed E-state index contributed by atoms with van der Waals surface area (Å²) in [4.78, 5) is 15.9. The van der Waals surface area contributed by atoms with E-state index in [0.717, 1.165) is 5.69 Å². The fourth-order valence-corrected chi connectivity index (χ4v) is 1.89. The van der Waals surface area contributed by atoms with Crippen molar-refractivity contribution in [3.05, 3.63) is 46.4 Å². The van der Waals surface area contributed by atoms with Gasteiger partial charge in [-0.3, -0.25) is 4.79 Å². The quantitative estimate of drug-likeness (QED) is 0.634. The molecule has 0 saturated carbocycles. The van der Waals surface area contributed by atoms with Crippen LogP contribution in [0.4, 0.5) is 5.69 Å². The van der Waals surface area contributed by atoms with Gasteiger partial charge in [-0.05, 0) is 12.1 Å². The fourth-order valence-electron chi connectivity index (χ4n) is 1.34. The highest BCUT2D eigenvalue weighted by atomic mass is 32.1. The first-order chi connectivity index (χ1) is 7.27. The van der Waals surface area contributed by atoms with Gasteiger partial charge in [0.05, 0.1) is 17.6 Å². The van der Waals surface area contributed by atoms with Crippen molar-refractivity contribution < 1.29 is 4.79 Å². The van der Waals surface area contributed by atoms with E-state index in [2.05, 4.69) is 4.98 Å². The Labute approximate surface area is 91.6 Å². The number of para-hydroxylation sites is 1. The van der Waals surface area contributed by atoms with Crippen LogP contribution in [-0.4, -0.2) is 10.8 Å². The van der Waals surface area contributed by atoms with E-state index in [9.17, 15) is 4.79 Å². The third kappa shape index (κ3) is 2.22. The van der Waals surface area contributed by atoms with Crippen LogP contribution in [0.1, 0.15) is 16.1 Å². The van der Waals surface area contributed by atoms with Crippen LogP contribution in [0.25, 0.3) is 0 Å². The van der Waals surface area contributed by atoms with E-state index >= 15 is 0 Å². The summed E-state index contributed by atoms with van der Waals surface area (Å²) >= 11 is 1.49. The maximum atomic E-state index is 11.8. The summed E-state index contributed by atoms with van der Waals surface area (Å²) in [5.41, 5.74) is 9.33. The van der Waals surface area contributed by atoms with Crippen LogP contribution in [-0.2, 0) is 6.42 Å². The Morgan fingerprint density at radius 1 is 1.40 bits per heavy atom. The highest BCUT2D eigenvalue weighted by Gasteiger charge is 2.10. The summed E-state index contributed by atoms with van der Waals surface area (Å²) < 4.78 is 0. The Bertz CT molecular complexity index is 465. The molecule has 0 atom stereocenters. The molecule has 76 valence electrons. The lowest BCUT2D eigenvalue weighted by atomic mass is 10.1. The van der Waals surface area contributed by atoms with Crippen molar-refractivity contribution in [2.45, 2.75) is 6.42 Å². The molecule has 0 spiro atoms. The van der Waals surface area contributed by atoms with Crippen LogP contribution < -0.4 is 5.73 Å². The predicted octanol–water partition coefficient (Wildman–Crippen LogP) is 2.15. The molecule has 1 aromatic heterocycles. The van der Waals surface area contributed by atoms with Gasteiger partial charge in [0.1, 0.15) is 0 Å². The summed E-state index contributed by atoms with van der Waals surface area (Å²) in [7, 11) is 0. The molecule has 0 saturated heterocycles. The topological polar surface area (TPSA) is 56.0 Å². The number of ketones is 1. The number of carbonyl (C=O) groups excluding carboxylic acids is 1. The van der Waals surface area contributed by atoms with Crippen molar-refractivity contribution in [2.24, 2.45) is 0 Å². The number of nitrogens with two attached hydrogens (primary N) is 1. The second kappa shape index (κ2) is 4.23. The molecule has 2 aromatic rings. The summed E-state index contributed by atoms with van der Waals surface area (Å²) in [6, 6.07) is 7.10. The maximum Gasteiger partial charge on any atom is 0.170 e. The number of hydrogen-bond acceptors (Lipinski definition) is 4. The van der Waals surface area contributed by atoms with Crippen LogP contribution in [0.3, 0.4) is 0 Å². The van der Waals surface area contributed by atoms with Crippen LogP contribution in [0.15, 0.2) is 35.2 Å². The number of nitrogens with zero attached hydrogens (tertiary/aromatic N) is 1. The zero-order chi connectivity index (χ0) is 10.7.